The number of carbonyl (C=O) groups is 2. The molecule has 7 nitrogen and oxygen atoms in total. The summed E-state index contributed by atoms with van der Waals surface area (Å²) >= 11 is 0. The molecule has 1 amide bonds. The van der Waals surface area contributed by atoms with Crippen LogP contribution in [0, 0.1) is 0 Å². The summed E-state index contributed by atoms with van der Waals surface area (Å²) in [7, 11) is 0. The summed E-state index contributed by atoms with van der Waals surface area (Å²) in [6, 6.07) is -0.857. The fourth-order valence-electron chi connectivity index (χ4n) is 0.867. The predicted molar refractivity (Wildman–Crippen MR) is 45.4 cm³/mol. The number of hydrogen-bond acceptors (Lipinski definition) is 5. The molecule has 0 saturated carbocycles. The van der Waals surface area contributed by atoms with Crippen molar-refractivity contribution in [3.63, 3.8) is 0 Å². The van der Waals surface area contributed by atoms with Crippen LogP contribution in [-0.2, 0) is 9.59 Å². The molecule has 0 spiro atoms. The molecule has 0 radical (unpaired) electrons. The molecule has 1 unspecified atom stereocenters. The van der Waals surface area contributed by atoms with E-state index in [4.69, 9.17) is 5.11 Å². The maximum absolute atomic E-state index is 10.7. The Morgan fingerprint density at radius 2 is 2.43 bits per heavy atom. The normalized spacial score (nSPS) is 23.1. The first kappa shape index (κ1) is 10.5. The second-order valence-electron chi connectivity index (χ2n) is 2.79. The van der Waals surface area contributed by atoms with Crippen LogP contribution in [-0.4, -0.2) is 39.5 Å². The average molecular weight is 201 g/mol. The number of nitrogens with zero attached hydrogens (tertiary/aromatic N) is 1. The van der Waals surface area contributed by atoms with Gasteiger partial charge in [0.25, 0.3) is 0 Å². The molecule has 1 aliphatic heterocycles. The first-order chi connectivity index (χ1) is 6.50. The molecule has 0 bridgehead atoms. The Labute approximate surface area is 80.0 Å². The molecule has 4 N–H and O–H groups in total. The average Bonchev–Trinajstić information content (AvgIpc) is 2.09. The molecule has 0 aliphatic carbocycles. The summed E-state index contributed by atoms with van der Waals surface area (Å²) in [6.07, 6.45) is 1.19. The van der Waals surface area contributed by atoms with Crippen molar-refractivity contribution in [2.75, 3.05) is 0 Å². The van der Waals surface area contributed by atoms with Crippen molar-refractivity contribution < 1.29 is 19.8 Å². The molecule has 7 heteroatoms. The van der Waals surface area contributed by atoms with Gasteiger partial charge >= 0.3 is 5.97 Å². The Morgan fingerprint density at radius 3 is 2.93 bits per heavy atom. The second-order valence-corrected chi connectivity index (χ2v) is 2.79. The monoisotopic (exact) mass is 201 g/mol. The van der Waals surface area contributed by atoms with Crippen LogP contribution in [0.5, 0.6) is 0 Å². The van der Waals surface area contributed by atoms with Crippen LogP contribution >= 0.6 is 0 Å². The zero-order valence-electron chi connectivity index (χ0n) is 7.47. The van der Waals surface area contributed by atoms with Gasteiger partial charge in [-0.2, -0.15) is 0 Å². The summed E-state index contributed by atoms with van der Waals surface area (Å²) in [5.74, 6) is -1.49. The maximum atomic E-state index is 10.7. The minimum atomic E-state index is -1.26. The van der Waals surface area contributed by atoms with Crippen molar-refractivity contribution in [3.05, 3.63) is 12.3 Å². The molecule has 0 aromatic carbocycles. The van der Waals surface area contributed by atoms with E-state index in [-0.39, 0.29) is 0 Å². The highest BCUT2D eigenvalue weighted by atomic mass is 16.4. The van der Waals surface area contributed by atoms with Crippen molar-refractivity contribution in [1.29, 1.82) is 0 Å². The molecule has 0 aromatic rings. The summed E-state index contributed by atoms with van der Waals surface area (Å²) < 4.78 is 0. The fourth-order valence-corrected chi connectivity index (χ4v) is 0.867. The number of carboxylic acids is 1. The van der Waals surface area contributed by atoms with Crippen LogP contribution in [0.1, 0.15) is 6.92 Å². The minimum Gasteiger partial charge on any atom is -0.480 e. The highest BCUT2D eigenvalue weighted by molar-refractivity contribution is 5.88. The SMILES string of the molecule is C[C@H](NN1C=CC(=O)NC1O)C(=O)O. The van der Waals surface area contributed by atoms with Crippen LogP contribution in [0.2, 0.25) is 0 Å². The first-order valence-corrected chi connectivity index (χ1v) is 3.95. The van der Waals surface area contributed by atoms with Gasteiger partial charge in [-0.25, -0.2) is 5.43 Å². The van der Waals surface area contributed by atoms with Crippen molar-refractivity contribution in [2.45, 2.75) is 19.3 Å². The molecule has 14 heavy (non-hydrogen) atoms. The second kappa shape index (κ2) is 4.07. The van der Waals surface area contributed by atoms with Crippen LogP contribution < -0.4 is 10.7 Å². The number of aliphatic hydroxyl groups excluding tert-OH is 1. The Hall–Kier alpha value is -1.60. The van der Waals surface area contributed by atoms with E-state index in [0.29, 0.717) is 0 Å². The number of aliphatic hydroxyl groups is 1. The third-order valence-electron chi connectivity index (χ3n) is 1.63. The van der Waals surface area contributed by atoms with E-state index >= 15 is 0 Å². The zero-order chi connectivity index (χ0) is 10.7. The van der Waals surface area contributed by atoms with Gasteiger partial charge < -0.3 is 15.5 Å². The lowest BCUT2D eigenvalue weighted by molar-refractivity contribution is -0.142. The van der Waals surface area contributed by atoms with Crippen molar-refractivity contribution in [1.82, 2.24) is 15.8 Å². The molecular weight excluding hydrogens is 190 g/mol. The van der Waals surface area contributed by atoms with E-state index in [9.17, 15) is 14.7 Å². The number of carboxylic acid groups (broad SMARTS) is 1. The summed E-state index contributed by atoms with van der Waals surface area (Å²) in [5, 5.41) is 21.1. The van der Waals surface area contributed by atoms with Gasteiger partial charge in [0.15, 0.2) is 0 Å². The number of rotatable bonds is 3. The molecule has 1 rings (SSSR count). The quantitative estimate of drug-likeness (QED) is 0.429. The minimum absolute atomic E-state index is 0.432. The van der Waals surface area contributed by atoms with Gasteiger partial charge in [-0.3, -0.25) is 14.6 Å². The van der Waals surface area contributed by atoms with Crippen molar-refractivity contribution in [2.24, 2.45) is 0 Å². The van der Waals surface area contributed by atoms with Gasteiger partial charge in [0.05, 0.1) is 0 Å². The fraction of sp³-hybridized carbons (Fsp3) is 0.429. The molecule has 2 atom stereocenters. The van der Waals surface area contributed by atoms with Crippen molar-refractivity contribution >= 4 is 11.9 Å². The Morgan fingerprint density at radius 1 is 1.79 bits per heavy atom. The third-order valence-corrected chi connectivity index (χ3v) is 1.63. The lowest BCUT2D eigenvalue weighted by atomic mass is 10.4. The molecular formula is C7H11N3O4. The van der Waals surface area contributed by atoms with E-state index in [2.05, 4.69) is 10.7 Å². The number of amides is 1. The number of hydrogen-bond donors (Lipinski definition) is 4. The zero-order valence-corrected chi connectivity index (χ0v) is 7.47. The van der Waals surface area contributed by atoms with E-state index in [1.807, 2.05) is 0 Å². The highest BCUT2D eigenvalue weighted by Gasteiger charge is 2.21. The Kier molecular flexibility index (Phi) is 3.05. The number of carbonyl (C=O) groups excluding carboxylic acids is 1. The summed E-state index contributed by atoms with van der Waals surface area (Å²) in [5.41, 5.74) is 2.47. The topological polar surface area (TPSA) is 102 Å². The van der Waals surface area contributed by atoms with Crippen LogP contribution in [0.3, 0.4) is 0 Å². The van der Waals surface area contributed by atoms with Gasteiger partial charge in [0, 0.05) is 12.3 Å². The molecule has 0 aromatic heterocycles. The molecule has 0 saturated heterocycles. The Bertz CT molecular complexity index is 278. The smallest absolute Gasteiger partial charge is 0.322 e. The summed E-state index contributed by atoms with van der Waals surface area (Å²) in [6.45, 7) is 1.42. The third kappa shape index (κ3) is 2.44. The van der Waals surface area contributed by atoms with Gasteiger partial charge in [-0.15, -0.1) is 0 Å². The number of aliphatic carboxylic acids is 1. The Balaban J connectivity index is 2.57. The van der Waals surface area contributed by atoms with Gasteiger partial charge in [-0.05, 0) is 6.92 Å². The number of nitrogens with one attached hydrogen (secondary N) is 2. The van der Waals surface area contributed by atoms with E-state index < -0.39 is 24.3 Å². The maximum Gasteiger partial charge on any atom is 0.322 e. The van der Waals surface area contributed by atoms with E-state index in [0.717, 1.165) is 5.01 Å². The standard InChI is InChI=1S/C7H11N3O4/c1-4(6(12)13)9-10-3-2-5(11)8-7(10)14/h2-4,7,9,14H,1H3,(H,8,11)(H,12,13)/t4-,7?/m0/s1. The van der Waals surface area contributed by atoms with E-state index in [1.165, 1.54) is 19.2 Å². The van der Waals surface area contributed by atoms with Crippen LogP contribution in [0.15, 0.2) is 12.3 Å². The lowest BCUT2D eigenvalue weighted by Gasteiger charge is -2.31. The van der Waals surface area contributed by atoms with Crippen LogP contribution in [0.4, 0.5) is 0 Å². The first-order valence-electron chi connectivity index (χ1n) is 3.95. The van der Waals surface area contributed by atoms with E-state index in [1.54, 1.807) is 0 Å². The lowest BCUT2D eigenvalue weighted by Crippen LogP contribution is -2.57. The number of hydrazine groups is 1. The van der Waals surface area contributed by atoms with Gasteiger partial charge in [0.1, 0.15) is 6.04 Å². The molecule has 1 aliphatic rings. The van der Waals surface area contributed by atoms with Gasteiger partial charge in [-0.1, -0.05) is 0 Å². The van der Waals surface area contributed by atoms with Crippen molar-refractivity contribution in [3.8, 4) is 0 Å². The largest absolute Gasteiger partial charge is 0.480 e. The molecule has 1 heterocycles. The predicted octanol–water partition coefficient (Wildman–Crippen LogP) is -1.81. The summed E-state index contributed by atoms with van der Waals surface area (Å²) in [4.78, 5) is 21.2. The van der Waals surface area contributed by atoms with Crippen LogP contribution in [0.25, 0.3) is 0 Å². The molecule has 0 fully saturated rings. The van der Waals surface area contributed by atoms with Gasteiger partial charge in [0.2, 0.25) is 12.3 Å². The molecule has 78 valence electrons. The highest BCUT2D eigenvalue weighted by Crippen LogP contribution is 1.98.